The molecule has 19 heavy (non-hydrogen) atoms. The average Bonchev–Trinajstić information content (AvgIpc) is 2.71. The summed E-state index contributed by atoms with van der Waals surface area (Å²) in [5.41, 5.74) is 1.65. The molecule has 0 fully saturated rings. The Morgan fingerprint density at radius 2 is 2.16 bits per heavy atom. The number of aryl methyl sites for hydroxylation is 1. The van der Waals surface area contributed by atoms with E-state index in [2.05, 4.69) is 43.9 Å². The van der Waals surface area contributed by atoms with Crippen molar-refractivity contribution in [3.63, 3.8) is 0 Å². The van der Waals surface area contributed by atoms with Gasteiger partial charge in [-0.1, -0.05) is 35.0 Å². The van der Waals surface area contributed by atoms with Crippen LogP contribution in [-0.2, 0) is 13.0 Å². The number of hydrogen-bond acceptors (Lipinski definition) is 2. The fraction of sp³-hybridized carbons (Fsp3) is 0.286. The topological polar surface area (TPSA) is 34.9 Å². The predicted molar refractivity (Wildman–Crippen MR) is 82.4 cm³/mol. The number of ketones is 1. The maximum Gasteiger partial charge on any atom is 0.186 e. The van der Waals surface area contributed by atoms with E-state index in [1.54, 1.807) is 10.9 Å². The lowest BCUT2D eigenvalue weighted by molar-refractivity contribution is 0.0981. The fourth-order valence-electron chi connectivity index (χ4n) is 1.94. The van der Waals surface area contributed by atoms with E-state index in [1.165, 1.54) is 0 Å². The number of carbonyl (C=O) groups is 1. The molecule has 0 bridgehead atoms. The van der Waals surface area contributed by atoms with Crippen LogP contribution >= 0.6 is 31.9 Å². The molecule has 5 heteroatoms. The van der Waals surface area contributed by atoms with E-state index >= 15 is 0 Å². The van der Waals surface area contributed by atoms with Crippen molar-refractivity contribution in [1.29, 1.82) is 0 Å². The number of hydrogen-bond donors (Lipinski definition) is 0. The van der Waals surface area contributed by atoms with Crippen LogP contribution in [0.25, 0.3) is 0 Å². The SMILES string of the molecule is CCCn1ncc(Br)c1C(=O)Cc1cccc(Br)c1. The molecule has 0 saturated heterocycles. The Morgan fingerprint density at radius 3 is 2.84 bits per heavy atom. The zero-order valence-electron chi connectivity index (χ0n) is 10.6. The minimum Gasteiger partial charge on any atom is -0.292 e. The van der Waals surface area contributed by atoms with Crippen molar-refractivity contribution in [2.24, 2.45) is 0 Å². The van der Waals surface area contributed by atoms with Gasteiger partial charge in [0.1, 0.15) is 5.69 Å². The molecule has 1 heterocycles. The Balaban J connectivity index is 2.22. The van der Waals surface area contributed by atoms with E-state index < -0.39 is 0 Å². The van der Waals surface area contributed by atoms with E-state index in [0.717, 1.165) is 27.5 Å². The molecular formula is C14H14Br2N2O. The predicted octanol–water partition coefficient (Wildman–Crippen LogP) is 4.24. The summed E-state index contributed by atoms with van der Waals surface area (Å²) in [5, 5.41) is 4.23. The van der Waals surface area contributed by atoms with Gasteiger partial charge in [-0.05, 0) is 40.0 Å². The molecule has 100 valence electrons. The molecule has 0 aliphatic rings. The molecule has 2 rings (SSSR count). The van der Waals surface area contributed by atoms with Crippen LogP contribution in [0, 0.1) is 0 Å². The van der Waals surface area contributed by atoms with Gasteiger partial charge < -0.3 is 0 Å². The van der Waals surface area contributed by atoms with Gasteiger partial charge in [0.15, 0.2) is 5.78 Å². The quantitative estimate of drug-likeness (QED) is 0.721. The number of Topliss-reactive ketones (excluding diaryl/α,β-unsaturated/α-hetero) is 1. The summed E-state index contributed by atoms with van der Waals surface area (Å²) in [7, 11) is 0. The van der Waals surface area contributed by atoms with Crippen LogP contribution in [-0.4, -0.2) is 15.6 Å². The first-order valence-corrected chi connectivity index (χ1v) is 7.69. The lowest BCUT2D eigenvalue weighted by Crippen LogP contribution is -2.13. The van der Waals surface area contributed by atoms with Crippen molar-refractivity contribution in [1.82, 2.24) is 9.78 Å². The fourth-order valence-corrected chi connectivity index (χ4v) is 2.90. The highest BCUT2D eigenvalue weighted by Crippen LogP contribution is 2.20. The summed E-state index contributed by atoms with van der Waals surface area (Å²) in [6.45, 7) is 2.82. The molecule has 1 aromatic heterocycles. The normalized spacial score (nSPS) is 10.7. The Labute approximate surface area is 129 Å². The van der Waals surface area contributed by atoms with Gasteiger partial charge in [-0.15, -0.1) is 0 Å². The van der Waals surface area contributed by atoms with Crippen molar-refractivity contribution in [2.45, 2.75) is 26.3 Å². The summed E-state index contributed by atoms with van der Waals surface area (Å²) in [4.78, 5) is 12.4. The second-order valence-corrected chi connectivity index (χ2v) is 6.06. The molecule has 0 amide bonds. The highest BCUT2D eigenvalue weighted by Gasteiger charge is 2.17. The molecule has 0 atom stereocenters. The van der Waals surface area contributed by atoms with Gasteiger partial charge in [-0.25, -0.2) is 0 Å². The zero-order valence-corrected chi connectivity index (χ0v) is 13.7. The van der Waals surface area contributed by atoms with Gasteiger partial charge in [0, 0.05) is 17.4 Å². The van der Waals surface area contributed by atoms with Crippen molar-refractivity contribution in [3.05, 3.63) is 50.7 Å². The minimum absolute atomic E-state index is 0.0796. The summed E-state index contributed by atoms with van der Waals surface area (Å²) >= 11 is 6.82. The standard InChI is InChI=1S/C14H14Br2N2O/c1-2-6-18-14(12(16)9-17-18)13(19)8-10-4-3-5-11(15)7-10/h3-5,7,9H,2,6,8H2,1H3. The second-order valence-electron chi connectivity index (χ2n) is 4.29. The van der Waals surface area contributed by atoms with Crippen LogP contribution in [0.5, 0.6) is 0 Å². The first kappa shape index (κ1) is 14.5. The maximum absolute atomic E-state index is 12.4. The molecule has 0 radical (unpaired) electrons. The minimum atomic E-state index is 0.0796. The molecule has 1 aromatic carbocycles. The Bertz CT molecular complexity index is 593. The monoisotopic (exact) mass is 384 g/mol. The van der Waals surface area contributed by atoms with Gasteiger partial charge in [0.2, 0.25) is 0 Å². The van der Waals surface area contributed by atoms with Crippen molar-refractivity contribution in [3.8, 4) is 0 Å². The van der Waals surface area contributed by atoms with Gasteiger partial charge in [0.25, 0.3) is 0 Å². The molecule has 0 saturated carbocycles. The maximum atomic E-state index is 12.4. The van der Waals surface area contributed by atoms with Crippen molar-refractivity contribution < 1.29 is 4.79 Å². The molecule has 0 N–H and O–H groups in total. The van der Waals surface area contributed by atoms with E-state index in [9.17, 15) is 4.79 Å². The number of benzene rings is 1. The molecular weight excluding hydrogens is 372 g/mol. The third-order valence-corrected chi connectivity index (χ3v) is 3.82. The lowest BCUT2D eigenvalue weighted by Gasteiger charge is -2.06. The largest absolute Gasteiger partial charge is 0.292 e. The molecule has 0 spiro atoms. The van der Waals surface area contributed by atoms with Gasteiger partial charge >= 0.3 is 0 Å². The average molecular weight is 386 g/mol. The third kappa shape index (κ3) is 3.54. The first-order valence-electron chi connectivity index (χ1n) is 6.10. The number of nitrogens with zero attached hydrogens (tertiary/aromatic N) is 2. The van der Waals surface area contributed by atoms with E-state index in [4.69, 9.17) is 0 Å². The van der Waals surface area contributed by atoms with Gasteiger partial charge in [-0.2, -0.15) is 5.10 Å². The number of rotatable bonds is 5. The summed E-state index contributed by atoms with van der Waals surface area (Å²) in [5.74, 6) is 0.0796. The number of halogens is 2. The van der Waals surface area contributed by atoms with Crippen LogP contribution < -0.4 is 0 Å². The van der Waals surface area contributed by atoms with Crippen LogP contribution in [0.2, 0.25) is 0 Å². The van der Waals surface area contributed by atoms with Crippen LogP contribution in [0.4, 0.5) is 0 Å². The van der Waals surface area contributed by atoms with E-state index in [1.807, 2.05) is 24.3 Å². The summed E-state index contributed by atoms with van der Waals surface area (Å²) in [6, 6.07) is 7.81. The van der Waals surface area contributed by atoms with E-state index in [-0.39, 0.29) is 5.78 Å². The van der Waals surface area contributed by atoms with Gasteiger partial charge in [-0.3, -0.25) is 9.48 Å². The summed E-state index contributed by atoms with van der Waals surface area (Å²) < 4.78 is 3.52. The molecule has 0 aliphatic carbocycles. The second kappa shape index (κ2) is 6.48. The molecule has 0 aliphatic heterocycles. The smallest absolute Gasteiger partial charge is 0.186 e. The first-order chi connectivity index (χ1) is 9.11. The molecule has 3 nitrogen and oxygen atoms in total. The lowest BCUT2D eigenvalue weighted by atomic mass is 10.1. The Morgan fingerprint density at radius 1 is 1.37 bits per heavy atom. The molecule has 2 aromatic rings. The Kier molecular flexibility index (Phi) is 4.93. The van der Waals surface area contributed by atoms with Crippen molar-refractivity contribution in [2.75, 3.05) is 0 Å². The van der Waals surface area contributed by atoms with Crippen LogP contribution in [0.3, 0.4) is 0 Å². The Hall–Kier alpha value is -0.940. The highest BCUT2D eigenvalue weighted by atomic mass is 79.9. The van der Waals surface area contributed by atoms with Crippen LogP contribution in [0.1, 0.15) is 29.4 Å². The summed E-state index contributed by atoms with van der Waals surface area (Å²) in [6.07, 6.45) is 3.02. The number of carbonyl (C=O) groups excluding carboxylic acids is 1. The highest BCUT2D eigenvalue weighted by molar-refractivity contribution is 9.10. The van der Waals surface area contributed by atoms with Crippen molar-refractivity contribution >= 4 is 37.6 Å². The van der Waals surface area contributed by atoms with Gasteiger partial charge in [0.05, 0.1) is 10.7 Å². The zero-order chi connectivity index (χ0) is 13.8. The van der Waals surface area contributed by atoms with Crippen LogP contribution in [0.15, 0.2) is 39.4 Å². The molecule has 0 unspecified atom stereocenters. The number of aromatic nitrogens is 2. The van der Waals surface area contributed by atoms with E-state index in [0.29, 0.717) is 12.1 Å². The third-order valence-electron chi connectivity index (χ3n) is 2.75.